The molecule has 0 spiro atoms. The second kappa shape index (κ2) is 64.1. The summed E-state index contributed by atoms with van der Waals surface area (Å²) in [6.07, 6.45) is 17.7. The van der Waals surface area contributed by atoms with E-state index in [1.807, 2.05) is 20.3 Å². The maximum Gasteiger partial charge on any atom is 2.00 e. The molecule has 47 heteroatoms. The fourth-order valence-electron chi connectivity index (χ4n) is 16.8. The molecule has 16 rings (SSSR count). The monoisotopic (exact) mass is 2540 g/mol. The molecule has 0 amide bonds. The molecule has 4 aromatic carbocycles. The van der Waals surface area contributed by atoms with Crippen molar-refractivity contribution < 1.29 is 102 Å². The smallest absolute Gasteiger partial charge is 1.00 e. The Kier molecular flexibility index (Phi) is 57.9. The van der Waals surface area contributed by atoms with Crippen LogP contribution in [0, 0.1) is 71.1 Å². The van der Waals surface area contributed by atoms with E-state index in [1.165, 1.54) is 135 Å². The van der Waals surface area contributed by atoms with Crippen molar-refractivity contribution in [3.05, 3.63) is 298 Å². The van der Waals surface area contributed by atoms with Gasteiger partial charge in [0.2, 0.25) is 23.1 Å². The summed E-state index contributed by atoms with van der Waals surface area (Å²) < 4.78 is 84.4. The van der Waals surface area contributed by atoms with Crippen molar-refractivity contribution in [3.63, 3.8) is 0 Å². The Morgan fingerprint density at radius 2 is 0.765 bits per heavy atom. The van der Waals surface area contributed by atoms with Crippen molar-refractivity contribution in [1.29, 1.82) is 0 Å². The fraction of sp³-hybridized carbons (Fsp3) is 0.392. The average molecular weight is 2540 g/mol. The van der Waals surface area contributed by atoms with Crippen molar-refractivity contribution in [1.82, 2.24) is 39.9 Å². The van der Waals surface area contributed by atoms with E-state index in [9.17, 15) is 75.5 Å². The molecule has 3 unspecified atom stereocenters. The zero-order valence-electron chi connectivity index (χ0n) is 79.0. The van der Waals surface area contributed by atoms with Gasteiger partial charge in [-0.2, -0.15) is 22.3 Å². The van der Waals surface area contributed by atoms with Crippen LogP contribution < -0.4 is 43.4 Å². The number of nitrogens with one attached hydrogen (secondary N) is 4. The topological polar surface area (TPSA) is 427 Å². The number of ketones is 4. The van der Waals surface area contributed by atoms with Gasteiger partial charge in [0.1, 0.15) is 94.5 Å². The van der Waals surface area contributed by atoms with Crippen LogP contribution in [0.4, 0.5) is 40.8 Å². The number of carbonyl (C=O) groups excluding carboxylic acids is 5. The number of thiophene rings is 4. The Morgan fingerprint density at radius 3 is 1.07 bits per heavy atom. The first-order valence-electron chi connectivity index (χ1n) is 44.9. The van der Waals surface area contributed by atoms with Gasteiger partial charge in [0.15, 0.2) is 6.29 Å². The van der Waals surface area contributed by atoms with Crippen LogP contribution >= 0.6 is 163 Å². The molecule has 0 bridgehead atoms. The summed E-state index contributed by atoms with van der Waals surface area (Å²) >= 11 is 50.0. The molecule has 4 aliphatic rings. The van der Waals surface area contributed by atoms with Gasteiger partial charge < -0.3 is 75.3 Å². The van der Waals surface area contributed by atoms with E-state index < -0.39 is 63.9 Å². The zero-order chi connectivity index (χ0) is 105. The summed E-state index contributed by atoms with van der Waals surface area (Å²) in [5, 5.41) is 78.5. The first-order valence-corrected chi connectivity index (χ1v) is 54.3. The fourth-order valence-corrected chi connectivity index (χ4v) is 23.8. The quantitative estimate of drug-likeness (QED) is 0.00518. The molecular weight excluding hydrogens is 2420 g/mol. The predicted molar refractivity (Wildman–Crippen MR) is 597 cm³/mol. The number of hydrogen-bond donors (Lipinski definition) is 11. The van der Waals surface area contributed by atoms with Crippen LogP contribution in [0.5, 0.6) is 0 Å². The van der Waals surface area contributed by atoms with Gasteiger partial charge in [-0.3, -0.25) is 28.2 Å². The molecule has 8 heterocycles. The number of rotatable bonds is 29. The van der Waals surface area contributed by atoms with E-state index >= 15 is 0 Å². The van der Waals surface area contributed by atoms with Crippen molar-refractivity contribution in [2.45, 2.75) is 198 Å². The van der Waals surface area contributed by atoms with Gasteiger partial charge in [-0.05, 0) is 207 Å². The second-order valence-electron chi connectivity index (χ2n) is 34.2. The number of carbonyl (C=O) groups is 5. The van der Waals surface area contributed by atoms with E-state index in [4.69, 9.17) is 79.9 Å². The molecule has 149 heavy (non-hydrogen) atoms. The maximum absolute atomic E-state index is 14.3. The summed E-state index contributed by atoms with van der Waals surface area (Å²) in [7, 11) is -4.14. The minimum absolute atomic E-state index is 0. The molecular formula is C102H119Br4Cl6F4MgN13O14S5. The second-order valence-corrected chi connectivity index (χ2v) is 45.6. The molecule has 4 saturated carbocycles. The number of benzene rings is 4. The third-order valence-electron chi connectivity index (χ3n) is 24.1. The standard InChI is InChI=1S/C24H24BrClFN3O2S.C23H22BrClFN3O3S.C22H21Cl2FN4O6S2.C18H20ClN3O2S.C6H3BrClF.C3H7.C2H6O.4CH4.BrH.Mg/c1-3-13-7-15(6-12(13)2)30-24-18(10-28-11-29-24)22(32)20-9-17(23(26)33-20)21(31)16-8-14(25)4-5-19(16)27;1-11-4-14(5-12(11)9-30)29-23-17(8-27-10-28-23)21(32)19-7-16(22(25)33-19)20(31)15-6-13(24)2-3-18(15)26;23-11-1-2-16(25)13(4-11)19(31)14-6-18(36-21(14)24)20(32)15-7-27-9-28-22(15)29-12-3-10(17(30)5-12)8-35-37(26,33)34;1-3-11-5-13(4-10(11)2)22-18-14(7-20-9-21-18)16(24)15-6-12(8-23)17(19)25-15;7-5-3-4(8)1-2-6(5)9;1-3-2;1-2-3;;;;;;/h4-5,8-13,15,21,31H,3,6-7H2,1-2H3,(H,28,29,30);2-3,6-8,10-12,14,20,30-31H,4-5,9H2,1H3,(H,27,28,29);1-2,4,6-7,9-10,12,17,19,30-31H,3,5,8H2,(H2,26,33,34)(H,27,28,29);6-11,13H,3-5H2,1-2H3,(H,20,21,22);1-3H;3H,1-2H3;3H,2H2,1H3;4*1H4;1H;/q;;;;;-1;;;;;;;+2/p-1/t12-,13-,15-,21?;11-,12+,14-,20?;10-,12-,17+,19?;10-,11-,13-;;;;;;;;;/m0010........./s1. The van der Waals surface area contributed by atoms with E-state index in [-0.39, 0.29) is 221 Å². The number of hydrogen-bond acceptors (Lipinski definition) is 30. The Bertz CT molecular complexity index is 6350. The number of nitrogens with two attached hydrogens (primary N) is 1. The van der Waals surface area contributed by atoms with Gasteiger partial charge in [0, 0.05) is 126 Å². The van der Waals surface area contributed by atoms with E-state index in [1.54, 1.807) is 13.0 Å². The number of aliphatic hydroxyl groups is 6. The summed E-state index contributed by atoms with van der Waals surface area (Å²) in [6.45, 7) is 16.8. The van der Waals surface area contributed by atoms with Crippen molar-refractivity contribution in [3.8, 4) is 0 Å². The number of nitrogens with zero attached hydrogens (tertiary/aromatic N) is 8. The van der Waals surface area contributed by atoms with Crippen LogP contribution in [0.25, 0.3) is 0 Å². The number of halogens is 14. The molecule has 27 nitrogen and oxygen atoms in total. The molecule has 0 aliphatic heterocycles. The summed E-state index contributed by atoms with van der Waals surface area (Å²) in [4.78, 5) is 97.9. The number of aliphatic hydroxyl groups excluding tert-OH is 6. The molecule has 12 N–H and O–H groups in total. The molecule has 15 atom stereocenters. The van der Waals surface area contributed by atoms with Crippen LogP contribution in [0.2, 0.25) is 27.4 Å². The van der Waals surface area contributed by atoms with Gasteiger partial charge in [0.25, 0.3) is 0 Å². The first kappa shape index (κ1) is 135. The summed E-state index contributed by atoms with van der Waals surface area (Å²) in [5.74, 6) is 0.907. The molecule has 806 valence electrons. The molecule has 4 aliphatic carbocycles. The maximum atomic E-state index is 14.3. The van der Waals surface area contributed by atoms with Crippen LogP contribution in [0.1, 0.15) is 272 Å². The molecule has 12 aromatic rings. The van der Waals surface area contributed by atoms with Crippen LogP contribution in [0.3, 0.4) is 0 Å². The zero-order valence-corrected chi connectivity index (χ0v) is 95.4. The van der Waals surface area contributed by atoms with Gasteiger partial charge >= 0.3 is 33.4 Å². The van der Waals surface area contributed by atoms with Crippen LogP contribution in [-0.4, -0.2) is 181 Å². The minimum atomic E-state index is -4.14. The van der Waals surface area contributed by atoms with Crippen molar-refractivity contribution in [2.75, 3.05) is 41.1 Å². The average Bonchev–Trinajstić information content (AvgIpc) is 1.66. The van der Waals surface area contributed by atoms with Gasteiger partial charge in [-0.25, -0.2) is 62.6 Å². The van der Waals surface area contributed by atoms with Crippen LogP contribution in [-0.2, 0) is 14.5 Å². The number of anilines is 4. The molecule has 4 fully saturated rings. The van der Waals surface area contributed by atoms with Crippen molar-refractivity contribution in [2.24, 2.45) is 46.6 Å². The molecule has 8 aromatic heterocycles. The third-order valence-corrected chi connectivity index (χ3v) is 32.2. The molecule has 0 radical (unpaired) electrons. The third kappa shape index (κ3) is 37.3. The number of aromatic nitrogens is 8. The minimum Gasteiger partial charge on any atom is -1.00 e. The van der Waals surface area contributed by atoms with Crippen molar-refractivity contribution >= 4 is 249 Å². The normalized spacial score (nSPS) is 19.2. The van der Waals surface area contributed by atoms with E-state index in [0.29, 0.717) is 115 Å². The van der Waals surface area contributed by atoms with Crippen LogP contribution in [0.15, 0.2) is 161 Å². The van der Waals surface area contributed by atoms with Gasteiger partial charge in [-0.1, -0.05) is 179 Å². The Balaban J connectivity index is 0.000000391. The van der Waals surface area contributed by atoms with E-state index in [2.05, 4.69) is 148 Å². The first-order chi connectivity index (χ1) is 68.0. The Morgan fingerprint density at radius 1 is 0.470 bits per heavy atom. The predicted octanol–water partition coefficient (Wildman–Crippen LogP) is 23.0. The summed E-state index contributed by atoms with van der Waals surface area (Å²) in [5.41, 5.74) is 2.19. The van der Waals surface area contributed by atoms with E-state index in [0.717, 1.165) is 103 Å². The number of aldehydes is 1. The summed E-state index contributed by atoms with van der Waals surface area (Å²) in [6, 6.07) is 22.8. The Hall–Kier alpha value is -6.67. The largest absolute Gasteiger partial charge is 2.00 e. The van der Waals surface area contributed by atoms with Gasteiger partial charge in [0.05, 0.1) is 72.0 Å². The molecule has 0 saturated heterocycles. The SMILES string of the molecule is C.C.C.C.CCO.CC[C@H]1C[C@@H](Nc2ncncc2C(=O)c2cc(C(O)c3cc(Br)ccc3F)c(Cl)s2)C[C@@H]1C.CC[C@H]1C[C@@H](Nc2ncncc2C(=O)c2cc(C=O)c(Cl)s2)C[C@@H]1C.C[C@H]1C[C@H](Nc2ncncc2C(=O)c2cc(C(O)c3cc(Br)ccc3F)c(Cl)s2)C[C@@H]1CO.C[CH-]C.Fc1ccc(Cl)cc1Br.NS(=O)(=O)OC[C@H]1C[C@@H](Nc2ncncc2C(=O)c2cc(C(O)c3cc(Cl)ccc3F)c(Cl)s2)C[C@@H]1O.[Br-].[Mg+2]. The Labute approximate surface area is 964 Å². The van der Waals surface area contributed by atoms with Gasteiger partial charge in [-0.15, -0.1) is 45.3 Å².